The molecule has 4 nitrogen and oxygen atoms in total. The predicted molar refractivity (Wildman–Crippen MR) is 95.2 cm³/mol. The summed E-state index contributed by atoms with van der Waals surface area (Å²) in [6.45, 7) is 1.90. The number of rotatable bonds is 4. The molecule has 126 valence electrons. The topological polar surface area (TPSA) is 45.5 Å². The first kappa shape index (κ1) is 15.8. The first-order chi connectivity index (χ1) is 11.8. The Balaban J connectivity index is 1.50. The lowest BCUT2D eigenvalue weighted by Crippen LogP contribution is -2.42. The third kappa shape index (κ3) is 3.10. The number of carbonyl (C=O) groups excluding carboxylic acids is 1. The number of hydrogen-bond acceptors (Lipinski definition) is 4. The standard InChI is InChI=1S/C19H22N2O2S/c22-19(21-15-6-7-16(21)12-20-10-8-15)18-14(9-11-23-18)13-24-17-4-2-1-3-5-17/h1-5,9,11,15-16,20H,6-8,10,12-13H2. The molecule has 0 saturated carbocycles. The highest BCUT2D eigenvalue weighted by Gasteiger charge is 2.39. The maximum atomic E-state index is 13.1. The molecule has 2 aliphatic heterocycles. The van der Waals surface area contributed by atoms with Crippen molar-refractivity contribution < 1.29 is 9.21 Å². The van der Waals surface area contributed by atoms with Crippen molar-refractivity contribution in [2.75, 3.05) is 13.1 Å². The summed E-state index contributed by atoms with van der Waals surface area (Å²) in [5, 5.41) is 3.44. The third-order valence-electron chi connectivity index (χ3n) is 4.97. The van der Waals surface area contributed by atoms with Crippen molar-refractivity contribution in [1.82, 2.24) is 10.2 Å². The summed E-state index contributed by atoms with van der Waals surface area (Å²) in [5.74, 6) is 1.35. The van der Waals surface area contributed by atoms with Crippen LogP contribution in [0.5, 0.6) is 0 Å². The van der Waals surface area contributed by atoms with Gasteiger partial charge in [0.2, 0.25) is 0 Å². The Kier molecular flexibility index (Phi) is 4.63. The van der Waals surface area contributed by atoms with Crippen molar-refractivity contribution in [2.45, 2.75) is 42.0 Å². The molecule has 4 rings (SSSR count). The molecule has 0 aliphatic carbocycles. The van der Waals surface area contributed by atoms with Crippen molar-refractivity contribution in [3.63, 3.8) is 0 Å². The van der Waals surface area contributed by atoms with Gasteiger partial charge in [0, 0.05) is 34.8 Å². The quantitative estimate of drug-likeness (QED) is 0.863. The van der Waals surface area contributed by atoms with Gasteiger partial charge < -0.3 is 14.6 Å². The average molecular weight is 342 g/mol. The van der Waals surface area contributed by atoms with Crippen LogP contribution in [0.1, 0.15) is 35.4 Å². The van der Waals surface area contributed by atoms with Crippen molar-refractivity contribution in [1.29, 1.82) is 0 Å². The SMILES string of the molecule is O=C(c1occc1CSc1ccccc1)N1C2CCNCC1CC2. The Labute approximate surface area is 146 Å². The van der Waals surface area contributed by atoms with E-state index in [-0.39, 0.29) is 5.91 Å². The maximum absolute atomic E-state index is 13.1. The number of amides is 1. The molecular formula is C19H22N2O2S. The highest BCUT2D eigenvalue weighted by atomic mass is 32.2. The molecule has 2 fully saturated rings. The molecule has 1 N–H and O–H groups in total. The summed E-state index contributed by atoms with van der Waals surface area (Å²) in [7, 11) is 0. The molecular weight excluding hydrogens is 320 g/mol. The van der Waals surface area contributed by atoms with Crippen LogP contribution in [0, 0.1) is 0 Å². The number of fused-ring (bicyclic) bond motifs is 2. The van der Waals surface area contributed by atoms with E-state index in [1.807, 2.05) is 24.3 Å². The lowest BCUT2D eigenvalue weighted by atomic mass is 10.1. The minimum atomic E-state index is 0.0693. The monoisotopic (exact) mass is 342 g/mol. The minimum absolute atomic E-state index is 0.0693. The van der Waals surface area contributed by atoms with Crippen LogP contribution < -0.4 is 5.32 Å². The Morgan fingerprint density at radius 1 is 1.17 bits per heavy atom. The molecule has 2 bridgehead atoms. The van der Waals surface area contributed by atoms with Crippen molar-refractivity contribution in [3.8, 4) is 0 Å². The molecule has 2 saturated heterocycles. The molecule has 5 heteroatoms. The summed E-state index contributed by atoms with van der Waals surface area (Å²) in [6.07, 6.45) is 4.90. The summed E-state index contributed by atoms with van der Waals surface area (Å²) in [4.78, 5) is 16.4. The largest absolute Gasteiger partial charge is 0.459 e. The number of thioether (sulfide) groups is 1. The molecule has 24 heavy (non-hydrogen) atoms. The van der Waals surface area contributed by atoms with Gasteiger partial charge in [0.1, 0.15) is 0 Å². The van der Waals surface area contributed by atoms with Crippen molar-refractivity contribution >= 4 is 17.7 Å². The second-order valence-electron chi connectivity index (χ2n) is 6.47. The van der Waals surface area contributed by atoms with Gasteiger partial charge in [-0.1, -0.05) is 18.2 Å². The molecule has 2 atom stereocenters. The van der Waals surface area contributed by atoms with Crippen LogP contribution in [0.3, 0.4) is 0 Å². The predicted octanol–water partition coefficient (Wildman–Crippen LogP) is 3.54. The third-order valence-corrected chi connectivity index (χ3v) is 6.03. The van der Waals surface area contributed by atoms with Crippen LogP contribution in [0.25, 0.3) is 0 Å². The van der Waals surface area contributed by atoms with Crippen LogP contribution in [-0.4, -0.2) is 36.0 Å². The van der Waals surface area contributed by atoms with Crippen molar-refractivity contribution in [2.24, 2.45) is 0 Å². The van der Waals surface area contributed by atoms with E-state index in [0.29, 0.717) is 17.8 Å². The Morgan fingerprint density at radius 3 is 2.88 bits per heavy atom. The van der Waals surface area contributed by atoms with Gasteiger partial charge in [-0.25, -0.2) is 0 Å². The Bertz CT molecular complexity index is 686. The fraction of sp³-hybridized carbons (Fsp3) is 0.421. The van der Waals surface area contributed by atoms with Gasteiger partial charge in [-0.15, -0.1) is 11.8 Å². The van der Waals surface area contributed by atoms with Gasteiger partial charge in [-0.05, 0) is 44.0 Å². The summed E-state index contributed by atoms with van der Waals surface area (Å²) >= 11 is 1.73. The van der Waals surface area contributed by atoms with Gasteiger partial charge in [0.15, 0.2) is 5.76 Å². The van der Waals surface area contributed by atoms with Crippen LogP contribution in [0.15, 0.2) is 52.0 Å². The van der Waals surface area contributed by atoms with E-state index >= 15 is 0 Å². The van der Waals surface area contributed by atoms with E-state index in [0.717, 1.165) is 43.7 Å². The highest BCUT2D eigenvalue weighted by molar-refractivity contribution is 7.98. The van der Waals surface area contributed by atoms with Gasteiger partial charge in [-0.3, -0.25) is 4.79 Å². The van der Waals surface area contributed by atoms with Gasteiger partial charge in [-0.2, -0.15) is 0 Å². The molecule has 1 amide bonds. The fourth-order valence-corrected chi connectivity index (χ4v) is 4.65. The van der Waals surface area contributed by atoms with E-state index in [4.69, 9.17) is 4.42 Å². The summed E-state index contributed by atoms with van der Waals surface area (Å²) in [6, 6.07) is 12.9. The van der Waals surface area contributed by atoms with Gasteiger partial charge in [0.25, 0.3) is 5.91 Å². The maximum Gasteiger partial charge on any atom is 0.290 e. The molecule has 0 radical (unpaired) electrons. The Hall–Kier alpha value is -1.72. The molecule has 2 aliphatic rings. The zero-order valence-corrected chi connectivity index (χ0v) is 14.4. The zero-order chi connectivity index (χ0) is 16.4. The number of nitrogens with zero attached hydrogens (tertiary/aromatic N) is 1. The zero-order valence-electron chi connectivity index (χ0n) is 13.6. The van der Waals surface area contributed by atoms with Gasteiger partial charge >= 0.3 is 0 Å². The van der Waals surface area contributed by atoms with E-state index in [9.17, 15) is 4.79 Å². The number of nitrogens with one attached hydrogen (secondary N) is 1. The van der Waals surface area contributed by atoms with Crippen LogP contribution in [0.2, 0.25) is 0 Å². The Morgan fingerprint density at radius 2 is 2.00 bits per heavy atom. The molecule has 1 aromatic carbocycles. The summed E-state index contributed by atoms with van der Waals surface area (Å²) in [5.41, 5.74) is 0.991. The molecule has 2 unspecified atom stereocenters. The smallest absolute Gasteiger partial charge is 0.290 e. The van der Waals surface area contributed by atoms with E-state index in [2.05, 4.69) is 22.3 Å². The van der Waals surface area contributed by atoms with E-state index in [1.165, 1.54) is 4.90 Å². The van der Waals surface area contributed by atoms with Crippen molar-refractivity contribution in [3.05, 3.63) is 54.0 Å². The van der Waals surface area contributed by atoms with Crippen LogP contribution >= 0.6 is 11.8 Å². The summed E-state index contributed by atoms with van der Waals surface area (Å²) < 4.78 is 5.61. The number of carbonyl (C=O) groups is 1. The van der Waals surface area contributed by atoms with E-state index in [1.54, 1.807) is 18.0 Å². The molecule has 2 aromatic rings. The lowest BCUT2D eigenvalue weighted by molar-refractivity contribution is 0.0646. The highest BCUT2D eigenvalue weighted by Crippen LogP contribution is 2.32. The molecule has 0 spiro atoms. The average Bonchev–Trinajstić information content (AvgIpc) is 3.16. The minimum Gasteiger partial charge on any atom is -0.459 e. The van der Waals surface area contributed by atoms with Crippen LogP contribution in [-0.2, 0) is 5.75 Å². The first-order valence-corrected chi connectivity index (χ1v) is 9.59. The van der Waals surface area contributed by atoms with Gasteiger partial charge in [0.05, 0.1) is 6.26 Å². The molecule has 3 heterocycles. The number of benzene rings is 1. The second kappa shape index (κ2) is 7.03. The second-order valence-corrected chi connectivity index (χ2v) is 7.52. The van der Waals surface area contributed by atoms with Crippen LogP contribution in [0.4, 0.5) is 0 Å². The van der Waals surface area contributed by atoms with E-state index < -0.39 is 0 Å². The lowest BCUT2D eigenvalue weighted by Gasteiger charge is -2.27. The normalized spacial score (nSPS) is 23.2. The number of furan rings is 1. The number of hydrogen-bond donors (Lipinski definition) is 1. The fourth-order valence-electron chi connectivity index (χ4n) is 3.75. The first-order valence-electron chi connectivity index (χ1n) is 8.60. The molecule has 1 aromatic heterocycles.